The second kappa shape index (κ2) is 4.69. The first kappa shape index (κ1) is 10.5. The van der Waals surface area contributed by atoms with Gasteiger partial charge in [0, 0.05) is 19.6 Å². The SMILES string of the molecule is O=C(O)c1cc(CN2CCOCC2)ns1. The maximum atomic E-state index is 10.6. The maximum Gasteiger partial charge on any atom is 0.347 e. The van der Waals surface area contributed by atoms with Crippen LogP contribution < -0.4 is 0 Å². The molecule has 1 aliphatic heterocycles. The van der Waals surface area contributed by atoms with E-state index in [0.29, 0.717) is 11.4 Å². The number of nitrogens with zero attached hydrogens (tertiary/aromatic N) is 2. The van der Waals surface area contributed by atoms with Gasteiger partial charge in [-0.1, -0.05) is 0 Å². The minimum atomic E-state index is -0.902. The van der Waals surface area contributed by atoms with Gasteiger partial charge >= 0.3 is 5.97 Å². The first-order valence-corrected chi connectivity index (χ1v) is 5.52. The summed E-state index contributed by atoms with van der Waals surface area (Å²) < 4.78 is 9.34. The highest BCUT2D eigenvalue weighted by atomic mass is 32.1. The number of carboxylic acid groups (broad SMARTS) is 1. The van der Waals surface area contributed by atoms with E-state index in [1.807, 2.05) is 0 Å². The molecule has 15 heavy (non-hydrogen) atoms. The Labute approximate surface area is 91.4 Å². The molecule has 2 heterocycles. The molecular weight excluding hydrogens is 216 g/mol. The summed E-state index contributed by atoms with van der Waals surface area (Å²) in [6.07, 6.45) is 0. The van der Waals surface area contributed by atoms with Crippen molar-refractivity contribution in [1.82, 2.24) is 9.27 Å². The van der Waals surface area contributed by atoms with Crippen molar-refractivity contribution in [1.29, 1.82) is 0 Å². The van der Waals surface area contributed by atoms with Gasteiger partial charge in [-0.25, -0.2) is 4.79 Å². The molecule has 0 unspecified atom stereocenters. The molecule has 1 aromatic rings. The number of morpholine rings is 1. The molecule has 1 aromatic heterocycles. The fourth-order valence-electron chi connectivity index (χ4n) is 1.48. The van der Waals surface area contributed by atoms with Crippen LogP contribution in [-0.4, -0.2) is 46.7 Å². The summed E-state index contributed by atoms with van der Waals surface area (Å²) in [5.74, 6) is -0.902. The lowest BCUT2D eigenvalue weighted by atomic mass is 10.3. The fraction of sp³-hybridized carbons (Fsp3) is 0.556. The van der Waals surface area contributed by atoms with Crippen molar-refractivity contribution in [2.45, 2.75) is 6.54 Å². The zero-order valence-electron chi connectivity index (χ0n) is 8.18. The van der Waals surface area contributed by atoms with Gasteiger partial charge < -0.3 is 9.84 Å². The Morgan fingerprint density at radius 2 is 2.33 bits per heavy atom. The van der Waals surface area contributed by atoms with E-state index in [1.54, 1.807) is 6.07 Å². The van der Waals surface area contributed by atoms with Crippen molar-refractivity contribution >= 4 is 17.5 Å². The highest BCUT2D eigenvalue weighted by Crippen LogP contribution is 2.12. The molecule has 0 aliphatic carbocycles. The number of rotatable bonds is 3. The van der Waals surface area contributed by atoms with Gasteiger partial charge in [0.15, 0.2) is 0 Å². The molecule has 6 heteroatoms. The van der Waals surface area contributed by atoms with Crippen LogP contribution in [0.1, 0.15) is 15.4 Å². The molecule has 1 N–H and O–H groups in total. The highest BCUT2D eigenvalue weighted by molar-refractivity contribution is 7.08. The Bertz CT molecular complexity index is 347. The second-order valence-electron chi connectivity index (χ2n) is 3.38. The van der Waals surface area contributed by atoms with E-state index < -0.39 is 5.97 Å². The Hall–Kier alpha value is -0.980. The lowest BCUT2D eigenvalue weighted by Crippen LogP contribution is -2.35. The van der Waals surface area contributed by atoms with Gasteiger partial charge in [-0.15, -0.1) is 0 Å². The number of hydrogen-bond acceptors (Lipinski definition) is 5. The van der Waals surface area contributed by atoms with E-state index in [-0.39, 0.29) is 0 Å². The van der Waals surface area contributed by atoms with Gasteiger partial charge in [0.1, 0.15) is 4.88 Å². The van der Waals surface area contributed by atoms with E-state index in [9.17, 15) is 4.79 Å². The minimum absolute atomic E-state index is 0.304. The number of hydrogen-bond donors (Lipinski definition) is 1. The van der Waals surface area contributed by atoms with Crippen molar-refractivity contribution in [2.24, 2.45) is 0 Å². The summed E-state index contributed by atoms with van der Waals surface area (Å²) in [4.78, 5) is 13.2. The van der Waals surface area contributed by atoms with Gasteiger partial charge in [-0.2, -0.15) is 4.37 Å². The molecule has 1 fully saturated rings. The lowest BCUT2D eigenvalue weighted by Gasteiger charge is -2.25. The van der Waals surface area contributed by atoms with Gasteiger partial charge in [0.05, 0.1) is 18.9 Å². The standard InChI is InChI=1S/C9H12N2O3S/c12-9(13)8-5-7(10-15-8)6-11-1-3-14-4-2-11/h5H,1-4,6H2,(H,12,13). The molecular formula is C9H12N2O3S. The largest absolute Gasteiger partial charge is 0.477 e. The van der Waals surface area contributed by atoms with E-state index in [4.69, 9.17) is 9.84 Å². The third-order valence-corrected chi connectivity index (χ3v) is 3.07. The van der Waals surface area contributed by atoms with E-state index in [1.165, 1.54) is 0 Å². The number of ether oxygens (including phenoxy) is 1. The third kappa shape index (κ3) is 2.74. The van der Waals surface area contributed by atoms with Crippen LogP contribution in [0, 0.1) is 0 Å². The van der Waals surface area contributed by atoms with Crippen LogP contribution in [0.2, 0.25) is 0 Å². The molecule has 5 nitrogen and oxygen atoms in total. The average Bonchev–Trinajstić information content (AvgIpc) is 2.68. The minimum Gasteiger partial charge on any atom is -0.477 e. The normalized spacial score (nSPS) is 17.9. The molecule has 0 atom stereocenters. The molecule has 0 bridgehead atoms. The molecule has 0 spiro atoms. The molecule has 0 amide bonds. The summed E-state index contributed by atoms with van der Waals surface area (Å²) in [5, 5.41) is 8.74. The monoisotopic (exact) mass is 228 g/mol. The Morgan fingerprint density at radius 1 is 1.60 bits per heavy atom. The topological polar surface area (TPSA) is 62.7 Å². The van der Waals surface area contributed by atoms with E-state index >= 15 is 0 Å². The zero-order valence-corrected chi connectivity index (χ0v) is 9.00. The van der Waals surface area contributed by atoms with Crippen LogP contribution >= 0.6 is 11.5 Å². The second-order valence-corrected chi connectivity index (χ2v) is 4.18. The third-order valence-electron chi connectivity index (χ3n) is 2.26. The Balaban J connectivity index is 1.94. The average molecular weight is 228 g/mol. The predicted octanol–water partition coefficient (Wildman–Crippen LogP) is 0.673. The maximum absolute atomic E-state index is 10.6. The smallest absolute Gasteiger partial charge is 0.347 e. The first-order valence-electron chi connectivity index (χ1n) is 4.74. The molecule has 82 valence electrons. The van der Waals surface area contributed by atoms with Crippen LogP contribution in [0.5, 0.6) is 0 Å². The molecule has 1 saturated heterocycles. The van der Waals surface area contributed by atoms with Gasteiger partial charge in [0.2, 0.25) is 0 Å². The quantitative estimate of drug-likeness (QED) is 0.824. The number of carbonyl (C=O) groups is 1. The molecule has 1 aliphatic rings. The molecule has 0 saturated carbocycles. The molecule has 0 aromatic carbocycles. The number of aromatic nitrogens is 1. The van der Waals surface area contributed by atoms with Crippen molar-refractivity contribution in [3.63, 3.8) is 0 Å². The summed E-state index contributed by atoms with van der Waals surface area (Å²) >= 11 is 1.04. The summed E-state index contributed by atoms with van der Waals surface area (Å²) in [6.45, 7) is 3.98. The van der Waals surface area contributed by atoms with Crippen LogP contribution in [0.15, 0.2) is 6.07 Å². The van der Waals surface area contributed by atoms with Crippen molar-refractivity contribution in [2.75, 3.05) is 26.3 Å². The van der Waals surface area contributed by atoms with Crippen molar-refractivity contribution in [3.8, 4) is 0 Å². The highest BCUT2D eigenvalue weighted by Gasteiger charge is 2.14. The number of aromatic carboxylic acids is 1. The van der Waals surface area contributed by atoms with E-state index in [0.717, 1.165) is 43.5 Å². The zero-order chi connectivity index (χ0) is 10.7. The first-order chi connectivity index (χ1) is 7.25. The number of carboxylic acids is 1. The fourth-order valence-corrected chi connectivity index (χ4v) is 2.07. The van der Waals surface area contributed by atoms with Gasteiger partial charge in [0.25, 0.3) is 0 Å². The van der Waals surface area contributed by atoms with Gasteiger partial charge in [-0.05, 0) is 17.6 Å². The Kier molecular flexibility index (Phi) is 3.30. The summed E-state index contributed by atoms with van der Waals surface area (Å²) in [5.41, 5.74) is 0.833. The van der Waals surface area contributed by atoms with Crippen LogP contribution in [-0.2, 0) is 11.3 Å². The summed E-state index contributed by atoms with van der Waals surface area (Å²) in [7, 11) is 0. The lowest BCUT2D eigenvalue weighted by molar-refractivity contribution is 0.0337. The van der Waals surface area contributed by atoms with E-state index in [2.05, 4.69) is 9.27 Å². The predicted molar refractivity (Wildman–Crippen MR) is 55.2 cm³/mol. The molecule has 2 rings (SSSR count). The van der Waals surface area contributed by atoms with Crippen molar-refractivity contribution < 1.29 is 14.6 Å². The van der Waals surface area contributed by atoms with Crippen LogP contribution in [0.4, 0.5) is 0 Å². The van der Waals surface area contributed by atoms with Crippen molar-refractivity contribution in [3.05, 3.63) is 16.6 Å². The van der Waals surface area contributed by atoms with Crippen LogP contribution in [0.25, 0.3) is 0 Å². The van der Waals surface area contributed by atoms with Crippen LogP contribution in [0.3, 0.4) is 0 Å². The Morgan fingerprint density at radius 3 is 2.93 bits per heavy atom. The van der Waals surface area contributed by atoms with Gasteiger partial charge in [-0.3, -0.25) is 4.90 Å². The molecule has 0 radical (unpaired) electrons. The summed E-state index contributed by atoms with van der Waals surface area (Å²) in [6, 6.07) is 1.64.